The van der Waals surface area contributed by atoms with Crippen LogP contribution in [0.3, 0.4) is 0 Å². The zero-order valence-corrected chi connectivity index (χ0v) is 28.9. The van der Waals surface area contributed by atoms with Gasteiger partial charge in [-0.25, -0.2) is 0 Å². The summed E-state index contributed by atoms with van der Waals surface area (Å²) in [5.41, 5.74) is 6.84. The second kappa shape index (κ2) is 16.3. The fraction of sp³-hybridized carbons (Fsp3) is 0.861. The van der Waals surface area contributed by atoms with Gasteiger partial charge in [0.15, 0.2) is 0 Å². The van der Waals surface area contributed by atoms with Crippen LogP contribution < -0.4 is 5.43 Å². The molecule has 0 bridgehead atoms. The molecule has 0 aromatic heterocycles. The molecular formula is C36H69F3N3+. The zero-order valence-electron chi connectivity index (χ0n) is 28.9. The minimum absolute atomic E-state index is 0. The Kier molecular flexibility index (Phi) is 15.0. The minimum Gasteiger partial charge on any atom is -0.294 e. The van der Waals surface area contributed by atoms with Gasteiger partial charge >= 0.3 is 6.18 Å². The maximum Gasteiger partial charge on any atom is 0.389 e. The van der Waals surface area contributed by atoms with Gasteiger partial charge in [-0.15, -0.1) is 19.7 Å². The summed E-state index contributed by atoms with van der Waals surface area (Å²) >= 11 is 0. The summed E-state index contributed by atoms with van der Waals surface area (Å²) in [7, 11) is 6.55. The molecule has 1 spiro atoms. The molecule has 4 aliphatic carbocycles. The average molecular weight is 601 g/mol. The molecule has 0 saturated heterocycles. The topological polar surface area (TPSA) is 24.4 Å². The third-order valence-corrected chi connectivity index (χ3v) is 11.0. The summed E-state index contributed by atoms with van der Waals surface area (Å²) in [5.74, 6) is 3.60. The maximum absolute atomic E-state index is 11.1. The normalized spacial score (nSPS) is 34.7. The predicted octanol–water partition coefficient (Wildman–Crippen LogP) is 10.7. The number of quaternary nitrogens is 1. The molecule has 0 aliphatic heterocycles. The SMILES string of the molecule is C=C.C=CCC1CCC23C4CCC(C(C)=NCCCN[N+](C)(C)C)C4(C)CCC2C13CCC.CC.CCCC(F)(F)F.[HH]. The highest BCUT2D eigenvalue weighted by Crippen LogP contribution is 2.91. The molecule has 4 saturated carbocycles. The molecule has 0 radical (unpaired) electrons. The molecule has 1 N–H and O–H groups in total. The number of hydrogen-bond donors (Lipinski definition) is 1. The van der Waals surface area contributed by atoms with E-state index in [0.29, 0.717) is 16.2 Å². The van der Waals surface area contributed by atoms with E-state index in [1.54, 1.807) is 0 Å². The van der Waals surface area contributed by atoms with Crippen molar-refractivity contribution < 1.29 is 19.2 Å². The minimum atomic E-state index is -3.95. The molecule has 7 atom stereocenters. The molecule has 4 aliphatic rings. The number of nitrogens with zero attached hydrogens (tertiary/aromatic N) is 2. The maximum atomic E-state index is 11.1. The van der Waals surface area contributed by atoms with Gasteiger partial charge in [0.05, 0.1) is 21.1 Å². The van der Waals surface area contributed by atoms with Crippen LogP contribution in [0.1, 0.15) is 120 Å². The van der Waals surface area contributed by atoms with E-state index in [9.17, 15) is 13.2 Å². The van der Waals surface area contributed by atoms with Crippen LogP contribution in [0.2, 0.25) is 0 Å². The molecule has 0 aromatic carbocycles. The summed E-state index contributed by atoms with van der Waals surface area (Å²) in [6.07, 6.45) is 11.8. The van der Waals surface area contributed by atoms with Gasteiger partial charge in [-0.2, -0.15) is 18.6 Å². The van der Waals surface area contributed by atoms with Crippen molar-refractivity contribution in [2.24, 2.45) is 44.9 Å². The Morgan fingerprint density at radius 1 is 1.02 bits per heavy atom. The number of aliphatic imine (C=N–C) groups is 1. The molecule has 0 aromatic rings. The molecule has 7 unspecified atom stereocenters. The zero-order chi connectivity index (χ0) is 32.4. The first-order valence-electron chi connectivity index (χ1n) is 17.0. The lowest BCUT2D eigenvalue weighted by Crippen LogP contribution is -2.48. The summed E-state index contributed by atoms with van der Waals surface area (Å²) < 4.78 is 34.0. The lowest BCUT2D eigenvalue weighted by atomic mass is 9.59. The van der Waals surface area contributed by atoms with Crippen LogP contribution in [0, 0.1) is 39.9 Å². The third kappa shape index (κ3) is 8.11. The third-order valence-electron chi connectivity index (χ3n) is 11.0. The highest BCUT2D eigenvalue weighted by Gasteiger charge is 2.85. The second-order valence-corrected chi connectivity index (χ2v) is 14.0. The van der Waals surface area contributed by atoms with E-state index in [4.69, 9.17) is 4.99 Å². The number of allylic oxidation sites excluding steroid dienone is 1. The van der Waals surface area contributed by atoms with Crippen LogP contribution in [0.4, 0.5) is 13.2 Å². The summed E-state index contributed by atoms with van der Waals surface area (Å²) in [4.78, 5) is 5.14. The highest BCUT2D eigenvalue weighted by atomic mass is 19.4. The molecule has 248 valence electrons. The molecular weight excluding hydrogens is 531 g/mol. The van der Waals surface area contributed by atoms with E-state index in [1.165, 1.54) is 70.4 Å². The van der Waals surface area contributed by atoms with Crippen LogP contribution in [0.25, 0.3) is 0 Å². The highest BCUT2D eigenvalue weighted by molar-refractivity contribution is 5.85. The molecule has 4 fully saturated rings. The Morgan fingerprint density at radius 2 is 1.67 bits per heavy atom. The summed E-state index contributed by atoms with van der Waals surface area (Å²) in [6, 6.07) is 0. The van der Waals surface area contributed by atoms with Gasteiger partial charge < -0.3 is 0 Å². The fourth-order valence-electron chi connectivity index (χ4n) is 10.0. The van der Waals surface area contributed by atoms with Crippen LogP contribution in [0.15, 0.2) is 30.8 Å². The van der Waals surface area contributed by atoms with Gasteiger partial charge in [0.1, 0.15) is 0 Å². The molecule has 0 heterocycles. The van der Waals surface area contributed by atoms with E-state index in [0.717, 1.165) is 47.8 Å². The van der Waals surface area contributed by atoms with Crippen LogP contribution in [0.5, 0.6) is 0 Å². The van der Waals surface area contributed by atoms with Crippen LogP contribution in [-0.2, 0) is 0 Å². The summed E-state index contributed by atoms with van der Waals surface area (Å²) in [6.45, 7) is 25.1. The quantitative estimate of drug-likeness (QED) is 0.0824. The smallest absolute Gasteiger partial charge is 0.294 e. The van der Waals surface area contributed by atoms with E-state index in [1.807, 2.05) is 13.8 Å². The first kappa shape index (κ1) is 38.9. The van der Waals surface area contributed by atoms with Crippen LogP contribution >= 0.6 is 0 Å². The fourth-order valence-corrected chi connectivity index (χ4v) is 10.0. The molecule has 3 nitrogen and oxygen atoms in total. The molecule has 6 heteroatoms. The van der Waals surface area contributed by atoms with E-state index >= 15 is 0 Å². The number of fused-ring (bicyclic) bond motifs is 2. The molecule has 0 amide bonds. The first-order chi connectivity index (χ1) is 19.7. The van der Waals surface area contributed by atoms with Gasteiger partial charge in [-0.3, -0.25) is 9.58 Å². The second-order valence-electron chi connectivity index (χ2n) is 14.0. The van der Waals surface area contributed by atoms with E-state index in [-0.39, 0.29) is 7.85 Å². The Labute approximate surface area is 259 Å². The lowest BCUT2D eigenvalue weighted by molar-refractivity contribution is -0.915. The van der Waals surface area contributed by atoms with E-state index in [2.05, 4.69) is 73.2 Å². The molecule has 4 rings (SSSR count). The van der Waals surface area contributed by atoms with Gasteiger partial charge in [0, 0.05) is 32.6 Å². The number of nitrogens with one attached hydrogen (secondary N) is 1. The van der Waals surface area contributed by atoms with Crippen molar-refractivity contribution in [2.75, 3.05) is 34.2 Å². The van der Waals surface area contributed by atoms with Crippen LogP contribution in [-0.4, -0.2) is 50.7 Å². The van der Waals surface area contributed by atoms with Crippen molar-refractivity contribution in [1.82, 2.24) is 5.43 Å². The Bertz CT molecular complexity index is 854. The van der Waals surface area contributed by atoms with Gasteiger partial charge in [0.25, 0.3) is 0 Å². The van der Waals surface area contributed by atoms with Crippen molar-refractivity contribution in [3.63, 3.8) is 0 Å². The predicted molar refractivity (Wildman–Crippen MR) is 179 cm³/mol. The Morgan fingerprint density at radius 3 is 2.17 bits per heavy atom. The Hall–Kier alpha value is -1.14. The van der Waals surface area contributed by atoms with Crippen molar-refractivity contribution in [1.29, 1.82) is 0 Å². The largest absolute Gasteiger partial charge is 0.389 e. The standard InChI is InChI=1S/C28H50N3.C4H7F3.C2H6.C2H4.H2/c1-8-11-22-14-18-28-24-13-12-23(21(3)29-19-10-20-30-31(5,6)7)26(24,4)17-15-25(28)27(22,28)16-9-2;1-2-3-4(5,6)7;2*1-2;/h8,22-25,30H,1,9-20H2,2-7H3;2-3H2,1H3;1-2H3;1-2H2;1H/q+1;;;;. The number of alkyl halides is 3. The first-order valence-corrected chi connectivity index (χ1v) is 17.0. The Balaban J connectivity index is 0.00000128. The van der Waals surface area contributed by atoms with Gasteiger partial charge in [-0.1, -0.05) is 47.1 Å². The van der Waals surface area contributed by atoms with Crippen molar-refractivity contribution >= 4 is 5.71 Å². The number of halogens is 3. The van der Waals surface area contributed by atoms with Crippen molar-refractivity contribution in [2.45, 2.75) is 125 Å². The van der Waals surface area contributed by atoms with Gasteiger partial charge in [0.2, 0.25) is 0 Å². The van der Waals surface area contributed by atoms with E-state index < -0.39 is 12.6 Å². The molecule has 42 heavy (non-hydrogen) atoms. The van der Waals surface area contributed by atoms with Crippen molar-refractivity contribution in [3.8, 4) is 0 Å². The number of rotatable bonds is 11. The monoisotopic (exact) mass is 601 g/mol. The average Bonchev–Trinajstić information content (AvgIpc) is 3.13. The van der Waals surface area contributed by atoms with Crippen molar-refractivity contribution in [3.05, 3.63) is 25.8 Å². The number of hydrogen-bond acceptors (Lipinski definition) is 2. The lowest BCUT2D eigenvalue weighted by Gasteiger charge is -2.45. The van der Waals surface area contributed by atoms with Gasteiger partial charge in [-0.05, 0) is 105 Å². The summed E-state index contributed by atoms with van der Waals surface area (Å²) in [5, 5.41) is 0.